The molecule has 1 aliphatic rings. The fraction of sp³-hybridized carbons (Fsp3) is 0.171. The number of carbonyl (C=O) groups is 2. The summed E-state index contributed by atoms with van der Waals surface area (Å²) in [7, 11) is 0.338. The van der Waals surface area contributed by atoms with Crippen molar-refractivity contribution in [3.8, 4) is 34.0 Å². The van der Waals surface area contributed by atoms with Crippen LogP contribution in [-0.2, 0) is 26.2 Å². The fourth-order valence-electron chi connectivity index (χ4n) is 6.18. The van der Waals surface area contributed by atoms with Crippen LogP contribution in [0.5, 0.6) is 0 Å². The van der Waals surface area contributed by atoms with Crippen LogP contribution in [0.2, 0.25) is 0 Å². The van der Waals surface area contributed by atoms with Crippen LogP contribution in [0.1, 0.15) is 10.4 Å². The lowest BCUT2D eigenvalue weighted by Gasteiger charge is -2.32. The van der Waals surface area contributed by atoms with Gasteiger partial charge >= 0.3 is 5.97 Å². The minimum Gasteiger partial charge on any atom is -0.468 e. The lowest BCUT2D eigenvalue weighted by atomic mass is 10.00. The average Bonchev–Trinajstić information content (AvgIpc) is 3.66. The number of hydrogen-bond donors (Lipinski definition) is 1. The Morgan fingerprint density at radius 1 is 1.04 bits per heavy atom. The Morgan fingerprint density at radius 2 is 1.80 bits per heavy atom. The number of methoxy groups -OCH3 is 1. The van der Waals surface area contributed by atoms with E-state index in [4.69, 9.17) is 14.1 Å². The molecule has 1 aliphatic heterocycles. The normalized spacial score (nSPS) is 12.6. The predicted molar refractivity (Wildman–Crippen MR) is 182 cm³/mol. The van der Waals surface area contributed by atoms with E-state index in [0.717, 1.165) is 10.6 Å². The summed E-state index contributed by atoms with van der Waals surface area (Å²) in [6.07, 6.45) is 1.06. The highest BCUT2D eigenvalue weighted by Gasteiger charge is 2.30. The van der Waals surface area contributed by atoms with Crippen LogP contribution >= 0.6 is 0 Å². The number of amides is 1. The summed E-state index contributed by atoms with van der Waals surface area (Å²) in [4.78, 5) is 32.5. The minimum atomic E-state index is -3.81. The van der Waals surface area contributed by atoms with Gasteiger partial charge in [-0.1, -0.05) is 6.07 Å². The monoisotopic (exact) mass is 685 g/mol. The number of sulfonamides is 1. The molecule has 0 fully saturated rings. The highest BCUT2D eigenvalue weighted by molar-refractivity contribution is 7.92. The van der Waals surface area contributed by atoms with Crippen LogP contribution in [0.3, 0.4) is 0 Å². The molecule has 7 rings (SSSR count). The fourth-order valence-corrected chi connectivity index (χ4v) is 6.68. The first-order chi connectivity index (χ1) is 23.4. The van der Waals surface area contributed by atoms with E-state index in [1.807, 2.05) is 4.57 Å². The summed E-state index contributed by atoms with van der Waals surface area (Å²) in [5, 5.41) is 3.36. The van der Waals surface area contributed by atoms with Crippen molar-refractivity contribution in [2.24, 2.45) is 0 Å². The zero-order chi connectivity index (χ0) is 34.8. The molecular formula is C35H29F2N5O6S. The number of halogens is 2. The quantitative estimate of drug-likeness (QED) is 0.210. The van der Waals surface area contributed by atoms with Gasteiger partial charge in [0.1, 0.15) is 35.2 Å². The highest BCUT2D eigenvalue weighted by Crippen LogP contribution is 2.44. The van der Waals surface area contributed by atoms with Gasteiger partial charge < -0.3 is 23.9 Å². The molecule has 49 heavy (non-hydrogen) atoms. The van der Waals surface area contributed by atoms with E-state index in [0.29, 0.717) is 50.2 Å². The van der Waals surface area contributed by atoms with Crippen molar-refractivity contribution in [2.75, 3.05) is 43.2 Å². The largest absolute Gasteiger partial charge is 0.468 e. The SMILES string of the molecule is CNC(=O)c1c(-c2ccc(F)cc2)oc2cc(N(C)S(C)(=O)=O)c(-c3ccc4c(n3)-c3cc5c(F)cccc5n3CN4CC(=O)OC)cc12. The number of hydrogen-bond acceptors (Lipinski definition) is 8. The summed E-state index contributed by atoms with van der Waals surface area (Å²) in [5.41, 5.74) is 3.89. The molecule has 0 aliphatic carbocycles. The van der Waals surface area contributed by atoms with Gasteiger partial charge in [-0.2, -0.15) is 0 Å². The third-order valence-electron chi connectivity index (χ3n) is 8.69. The van der Waals surface area contributed by atoms with Crippen LogP contribution in [0.15, 0.2) is 77.2 Å². The van der Waals surface area contributed by atoms with E-state index in [9.17, 15) is 26.8 Å². The summed E-state index contributed by atoms with van der Waals surface area (Å²) < 4.78 is 68.7. The van der Waals surface area contributed by atoms with E-state index >= 15 is 0 Å². The summed E-state index contributed by atoms with van der Waals surface area (Å²) in [6.45, 7) is 0.111. The smallest absolute Gasteiger partial charge is 0.325 e. The molecule has 6 aromatic rings. The van der Waals surface area contributed by atoms with Gasteiger partial charge in [0.05, 0.1) is 53.9 Å². The van der Waals surface area contributed by atoms with Crippen molar-refractivity contribution in [2.45, 2.75) is 6.67 Å². The highest BCUT2D eigenvalue weighted by atomic mass is 32.2. The molecule has 0 saturated heterocycles. The maximum atomic E-state index is 15.0. The van der Waals surface area contributed by atoms with Crippen LogP contribution in [-0.4, -0.2) is 63.9 Å². The number of carbonyl (C=O) groups excluding carboxylic acids is 2. The molecule has 1 N–H and O–H groups in total. The lowest BCUT2D eigenvalue weighted by molar-refractivity contribution is -0.139. The minimum absolute atomic E-state index is 0.107. The summed E-state index contributed by atoms with van der Waals surface area (Å²) in [6, 6.07) is 18.5. The topological polar surface area (TPSA) is 127 Å². The van der Waals surface area contributed by atoms with Crippen molar-refractivity contribution in [1.82, 2.24) is 14.9 Å². The van der Waals surface area contributed by atoms with E-state index in [-0.39, 0.29) is 35.8 Å². The zero-order valence-corrected chi connectivity index (χ0v) is 27.6. The molecule has 250 valence electrons. The molecule has 3 aromatic carbocycles. The molecule has 14 heteroatoms. The van der Waals surface area contributed by atoms with E-state index < -0.39 is 33.5 Å². The molecule has 0 spiro atoms. The first-order valence-electron chi connectivity index (χ1n) is 15.0. The van der Waals surface area contributed by atoms with Crippen LogP contribution in [0, 0.1) is 11.6 Å². The number of anilines is 2. The molecule has 11 nitrogen and oxygen atoms in total. The Morgan fingerprint density at radius 3 is 2.49 bits per heavy atom. The Kier molecular flexibility index (Phi) is 7.62. The first-order valence-corrected chi connectivity index (χ1v) is 16.9. The molecular weight excluding hydrogens is 656 g/mol. The van der Waals surface area contributed by atoms with E-state index in [1.54, 1.807) is 41.3 Å². The summed E-state index contributed by atoms with van der Waals surface area (Å²) >= 11 is 0. The molecule has 4 heterocycles. The maximum Gasteiger partial charge on any atom is 0.325 e. The number of esters is 1. The predicted octanol–water partition coefficient (Wildman–Crippen LogP) is 5.77. The Labute approximate surface area is 279 Å². The second-order valence-corrected chi connectivity index (χ2v) is 13.6. The Hall–Kier alpha value is -5.76. The van der Waals surface area contributed by atoms with Gasteiger partial charge in [-0.3, -0.25) is 13.9 Å². The number of aromatic nitrogens is 2. The van der Waals surface area contributed by atoms with Crippen molar-refractivity contribution in [1.29, 1.82) is 0 Å². The zero-order valence-electron chi connectivity index (χ0n) is 26.7. The van der Waals surface area contributed by atoms with E-state index in [1.165, 1.54) is 57.6 Å². The van der Waals surface area contributed by atoms with Gasteiger partial charge in [-0.05, 0) is 60.7 Å². The van der Waals surface area contributed by atoms with Crippen LogP contribution in [0.25, 0.3) is 55.8 Å². The molecule has 3 aromatic heterocycles. The average molecular weight is 686 g/mol. The van der Waals surface area contributed by atoms with Crippen LogP contribution in [0.4, 0.5) is 20.2 Å². The van der Waals surface area contributed by atoms with Crippen molar-refractivity contribution < 1.29 is 35.9 Å². The number of ether oxygens (including phenoxy) is 1. The van der Waals surface area contributed by atoms with Gasteiger partial charge in [0.25, 0.3) is 5.91 Å². The standard InChI is InChI=1S/C35H29F2N5O6S/c1-38-35(44)32-23-14-22(28(40(2)49(4,45)46)16-30(23)48-34(32)19-8-10-20(36)11-9-19)25-12-13-27-33(39-25)29-15-21-24(37)6-5-7-26(21)42(29)18-41(27)17-31(43)47-3/h5-16H,17-18H2,1-4H3,(H,38,44). The number of nitrogens with zero attached hydrogens (tertiary/aromatic N) is 4. The summed E-state index contributed by atoms with van der Waals surface area (Å²) in [5.74, 6) is -1.68. The number of pyridine rings is 1. The Bertz CT molecular complexity index is 2440. The van der Waals surface area contributed by atoms with Gasteiger partial charge in [0, 0.05) is 42.1 Å². The first kappa shape index (κ1) is 31.8. The lowest BCUT2D eigenvalue weighted by Crippen LogP contribution is -2.35. The molecule has 0 atom stereocenters. The molecule has 0 bridgehead atoms. The second-order valence-electron chi connectivity index (χ2n) is 11.6. The van der Waals surface area contributed by atoms with Crippen LogP contribution < -0.4 is 14.5 Å². The number of rotatable bonds is 7. The third-order valence-corrected chi connectivity index (χ3v) is 9.88. The third kappa shape index (κ3) is 5.33. The number of fused-ring (bicyclic) bond motifs is 6. The number of benzene rings is 3. The van der Waals surface area contributed by atoms with Crippen molar-refractivity contribution in [3.05, 3.63) is 90.0 Å². The van der Waals surface area contributed by atoms with Crippen molar-refractivity contribution in [3.63, 3.8) is 0 Å². The molecule has 1 amide bonds. The van der Waals surface area contributed by atoms with E-state index in [2.05, 4.69) is 5.32 Å². The van der Waals surface area contributed by atoms with Gasteiger partial charge in [0.15, 0.2) is 0 Å². The Balaban J connectivity index is 1.50. The van der Waals surface area contributed by atoms with Gasteiger partial charge in [-0.25, -0.2) is 22.2 Å². The van der Waals surface area contributed by atoms with Crippen molar-refractivity contribution >= 4 is 55.1 Å². The second kappa shape index (κ2) is 11.7. The number of nitrogens with one attached hydrogen (secondary N) is 1. The molecule has 0 radical (unpaired) electrons. The molecule has 0 unspecified atom stereocenters. The maximum absolute atomic E-state index is 15.0. The van der Waals surface area contributed by atoms with Gasteiger partial charge in [0.2, 0.25) is 10.0 Å². The molecule has 0 saturated carbocycles. The number of furan rings is 1. The van der Waals surface area contributed by atoms with Gasteiger partial charge in [-0.15, -0.1) is 0 Å².